The highest BCUT2D eigenvalue weighted by Crippen LogP contribution is 1.77. The van der Waals surface area contributed by atoms with Crippen LogP contribution in [0.5, 0.6) is 0 Å². The van der Waals surface area contributed by atoms with E-state index in [-0.39, 0.29) is 0 Å². The van der Waals surface area contributed by atoms with E-state index in [1.165, 1.54) is 0 Å². The Morgan fingerprint density at radius 1 is 0.455 bits per heavy atom. The molecule has 0 amide bonds. The molecule has 18 heteroatoms. The summed E-state index contributed by atoms with van der Waals surface area (Å²) in [5.41, 5.74) is 10.3. The molecule has 0 rings (SSSR count). The molecule has 0 atom stereocenters. The molecule has 0 heterocycles. The molecule has 33 heavy (non-hydrogen) atoms. The van der Waals surface area contributed by atoms with Crippen LogP contribution in [0.2, 0.25) is 0 Å². The highest BCUT2D eigenvalue weighted by Gasteiger charge is 2.30. The Bertz CT molecular complexity index is 1330. The second-order valence-corrected chi connectivity index (χ2v) is 15.0. The maximum absolute atomic E-state index is 8.31. The molecule has 0 bridgehead atoms. The molecule has 0 spiro atoms. The maximum Gasteiger partial charge on any atom is 1.03 e. The van der Waals surface area contributed by atoms with Crippen molar-refractivity contribution < 1.29 is 0 Å². The molecule has 0 radical (unpaired) electrons. The fraction of sp³-hybridized carbons (Fsp3) is 0. The van der Waals surface area contributed by atoms with Crippen LogP contribution in [0, 0.1) is 105 Å². The van der Waals surface area contributed by atoms with Crippen LogP contribution < -0.4 is 0 Å². The average Bonchev–Trinajstić information content (AvgIpc) is 2.87. The summed E-state index contributed by atoms with van der Waals surface area (Å²) in [5.74, 6) is 0. The van der Waals surface area contributed by atoms with Crippen molar-refractivity contribution in [2.75, 3.05) is 0 Å². The van der Waals surface area contributed by atoms with E-state index < -0.39 is 50.4 Å². The maximum atomic E-state index is 8.31. The van der Waals surface area contributed by atoms with Crippen LogP contribution in [0.15, 0.2) is 0 Å². The van der Waals surface area contributed by atoms with Gasteiger partial charge >= 0.3 is 50.4 Å². The van der Waals surface area contributed by atoms with Gasteiger partial charge in [-0.15, -0.1) is 0 Å². The first kappa shape index (κ1) is 32.2. The number of hydrogen-bond donors (Lipinski definition) is 0. The van der Waals surface area contributed by atoms with Crippen molar-refractivity contribution in [1.29, 1.82) is 31.6 Å². The fourth-order valence-electron chi connectivity index (χ4n) is 0.816. The van der Waals surface area contributed by atoms with Gasteiger partial charge in [0, 0.05) is 4.92 Å². The molecule has 0 aliphatic carbocycles. The number of nitriles is 6. The van der Waals surface area contributed by atoms with E-state index in [0.29, 0.717) is 0 Å². The first-order valence-electron chi connectivity index (χ1n) is 7.02. The van der Waals surface area contributed by atoms with Crippen molar-refractivity contribution in [3.8, 4) is 34.2 Å². The second kappa shape index (κ2) is 22.8. The van der Waals surface area contributed by atoms with Crippen LogP contribution in [0.1, 0.15) is 0 Å². The Morgan fingerprint density at radius 2 is 0.848 bits per heavy atom. The van der Waals surface area contributed by atoms with E-state index in [1.807, 2.05) is 0 Å². The Morgan fingerprint density at radius 3 is 1.09 bits per heavy atom. The highest BCUT2D eigenvalue weighted by atomic mass is 28.9. The van der Waals surface area contributed by atoms with E-state index in [1.54, 1.807) is 34.2 Å². The zero-order valence-electron chi connectivity index (χ0n) is 15.9. The normalized spacial score (nSPS) is 5.45. The molecular formula is C15N12Si6. The molecule has 0 unspecified atom stereocenters. The first-order valence-corrected chi connectivity index (χ1v) is 16.7. The second-order valence-electron chi connectivity index (χ2n) is 3.81. The fourth-order valence-corrected chi connectivity index (χ4v) is 5.77. The summed E-state index contributed by atoms with van der Waals surface area (Å²) >= 11 is 0. The van der Waals surface area contributed by atoms with Crippen LogP contribution in [-0.2, 0) is 0 Å². The van der Waals surface area contributed by atoms with Crippen molar-refractivity contribution in [2.45, 2.75) is 0 Å². The van der Waals surface area contributed by atoms with E-state index in [0.717, 1.165) is 0 Å². The van der Waals surface area contributed by atoms with Gasteiger partial charge in [-0.1, -0.05) is 5.33 Å². The minimum atomic E-state index is -2.01. The third-order valence-corrected chi connectivity index (χ3v) is 10.7. The summed E-state index contributed by atoms with van der Waals surface area (Å²) in [4.78, 5) is 2.43. The third-order valence-electron chi connectivity index (χ3n) is 2.07. The molecule has 12 nitrogen and oxygen atoms in total. The summed E-state index contributed by atoms with van der Waals surface area (Å²) in [7, 11) is -11.9. The highest BCUT2D eigenvalue weighted by molar-refractivity contribution is 7.06. The minimum Gasteiger partial charge on any atom is -0.311 e. The van der Waals surface area contributed by atoms with Gasteiger partial charge in [0.2, 0.25) is 0 Å². The predicted octanol–water partition coefficient (Wildman–Crippen LogP) is -0.799. The summed E-state index contributed by atoms with van der Waals surface area (Å²) in [6.07, 6.45) is 0. The molecule has 0 aliphatic heterocycles. The van der Waals surface area contributed by atoms with Crippen molar-refractivity contribution in [3.63, 3.8) is 0 Å². The van der Waals surface area contributed by atoms with Gasteiger partial charge in [0.25, 0.3) is 0 Å². The molecule has 0 saturated heterocycles. The third kappa shape index (κ3) is 16.0. The van der Waals surface area contributed by atoms with Crippen LogP contribution in [0.4, 0.5) is 0 Å². The van der Waals surface area contributed by atoms with Crippen LogP contribution >= 0.6 is 0 Å². The quantitative estimate of drug-likeness (QED) is 0.301. The zero-order valence-corrected chi connectivity index (χ0v) is 21.9. The minimum absolute atomic E-state index is 1.71. The molecule has 0 aromatic carbocycles. The van der Waals surface area contributed by atoms with E-state index >= 15 is 0 Å². The molecule has 0 aromatic rings. The van der Waals surface area contributed by atoms with Gasteiger partial charge in [0.1, 0.15) is 0 Å². The van der Waals surface area contributed by atoms with E-state index in [4.69, 9.17) is 71.0 Å². The monoisotopic (exact) mass is 516 g/mol. The first-order chi connectivity index (χ1) is 15.9. The van der Waals surface area contributed by atoms with Gasteiger partial charge in [-0.05, 0) is 0 Å². The van der Waals surface area contributed by atoms with Crippen molar-refractivity contribution in [3.05, 3.63) is 66.5 Å². The Hall–Kier alpha value is -5.48. The van der Waals surface area contributed by atoms with Crippen molar-refractivity contribution in [1.82, 2.24) is 0 Å². The number of rotatable bonds is 0. The van der Waals surface area contributed by atoms with Crippen molar-refractivity contribution in [2.24, 2.45) is 0 Å². The van der Waals surface area contributed by atoms with Gasteiger partial charge < -0.3 is 18.0 Å². The lowest BCUT2D eigenvalue weighted by Crippen LogP contribution is -2.07. The molecule has 0 saturated carbocycles. The summed E-state index contributed by atoms with van der Waals surface area (Å²) < 4.78 is 17.7. The predicted molar refractivity (Wildman–Crippen MR) is 123 cm³/mol. The number of nitrogens with zero attached hydrogens (tertiary/aromatic N) is 12. The SMILES string of the molecule is [C-]#[N+][Si](=C=C=[Si](C#N)C#N)[N+]#[C-].[C-]#[N+][Si](=C=[Si](C#N)C#N)[N+]#[C-].[C-]#[N+][Si]([N+]#[C-])=[Si](C#N)C#N. The van der Waals surface area contributed by atoms with E-state index in [2.05, 4.69) is 42.6 Å². The Kier molecular flexibility index (Phi) is 22.2. The van der Waals surface area contributed by atoms with Crippen LogP contribution in [0.25, 0.3) is 27.1 Å². The topological polar surface area (TPSA) is 169 Å². The molecule has 0 aromatic heterocycles. The smallest absolute Gasteiger partial charge is 0.311 e. The van der Waals surface area contributed by atoms with Gasteiger partial charge in [-0.3, -0.25) is 48.5 Å². The van der Waals surface area contributed by atoms with Crippen LogP contribution in [0.3, 0.4) is 0 Å². The Balaban J connectivity index is -0.000000411. The van der Waals surface area contributed by atoms with Crippen LogP contribution in [-0.4, -0.2) is 66.0 Å². The lowest BCUT2D eigenvalue weighted by Gasteiger charge is -1.63. The molecular weight excluding hydrogens is 517 g/mol. The van der Waals surface area contributed by atoms with E-state index in [9.17, 15) is 0 Å². The lowest BCUT2D eigenvalue weighted by atomic mass is 11.3. The summed E-state index contributed by atoms with van der Waals surface area (Å²) in [6.45, 7) is 39.0. The van der Waals surface area contributed by atoms with Crippen molar-refractivity contribution >= 4 is 66.0 Å². The standard InChI is InChI=1S/C6N4Si2.C5N4Si2.C4N4Si2/c1-9-12(10-2)4-3-11(5-7)6-8;1-8-11(9-2)5-10(3-6)4-7;1-7-10(8-2)9(3-5)4-6. The molecule has 0 N–H and O–H groups in total. The average molecular weight is 517 g/mol. The largest absolute Gasteiger partial charge is 1.03 e. The van der Waals surface area contributed by atoms with Gasteiger partial charge in [0.15, 0.2) is 0 Å². The molecule has 0 aliphatic rings. The molecule has 144 valence electrons. The lowest BCUT2D eigenvalue weighted by molar-refractivity contribution is 1.54. The van der Waals surface area contributed by atoms with Gasteiger partial charge in [-0.25, -0.2) is 10.5 Å². The van der Waals surface area contributed by atoms with Gasteiger partial charge in [-0.2, -0.15) is 21.0 Å². The Labute approximate surface area is 197 Å². The summed E-state index contributed by atoms with van der Waals surface area (Å²) in [6, 6.07) is 0. The zero-order chi connectivity index (χ0) is 26.1. The number of hydrogen-bond acceptors (Lipinski definition) is 6. The van der Waals surface area contributed by atoms with Gasteiger partial charge in [0.05, 0.1) is 39.5 Å². The molecule has 0 fully saturated rings. The summed E-state index contributed by atoms with van der Waals surface area (Å²) in [5, 5.41) is 54.5.